The van der Waals surface area contributed by atoms with Crippen molar-refractivity contribution < 1.29 is 4.79 Å². The molecule has 0 atom stereocenters. The van der Waals surface area contributed by atoms with Crippen LogP contribution in [0.1, 0.15) is 16.7 Å². The molecular weight excluding hydrogens is 392 g/mol. The molecule has 4 aromatic rings. The molecule has 0 saturated heterocycles. The number of aromatic nitrogens is 2. The van der Waals surface area contributed by atoms with E-state index in [9.17, 15) is 4.79 Å². The minimum absolute atomic E-state index is 0.165. The summed E-state index contributed by atoms with van der Waals surface area (Å²) in [5.41, 5.74) is 7.87. The lowest BCUT2D eigenvalue weighted by molar-refractivity contribution is -0.118. The second kappa shape index (κ2) is 9.41. The molecule has 0 radical (unpaired) electrons. The van der Waals surface area contributed by atoms with Crippen LogP contribution in [0.2, 0.25) is 0 Å². The maximum absolute atomic E-state index is 12.3. The summed E-state index contributed by atoms with van der Waals surface area (Å²) in [6.07, 6.45) is 1.65. The summed E-state index contributed by atoms with van der Waals surface area (Å²) in [4.78, 5) is 17.0. The normalized spacial score (nSPS) is 11.2. The molecule has 0 aliphatic carbocycles. The quantitative estimate of drug-likeness (QED) is 0.272. The largest absolute Gasteiger partial charge is 0.314 e. The van der Waals surface area contributed by atoms with Crippen molar-refractivity contribution >= 4 is 34.9 Å². The van der Waals surface area contributed by atoms with E-state index in [1.807, 2.05) is 67.6 Å². The minimum Gasteiger partial charge on any atom is -0.314 e. The number of para-hydroxylation sites is 2. The molecule has 1 heterocycles. The molecule has 0 spiro atoms. The molecule has 150 valence electrons. The molecular formula is C24H22N4OS. The van der Waals surface area contributed by atoms with Crippen molar-refractivity contribution in [2.24, 2.45) is 5.10 Å². The van der Waals surface area contributed by atoms with Gasteiger partial charge in [0.05, 0.1) is 29.5 Å². The van der Waals surface area contributed by atoms with E-state index in [0.29, 0.717) is 6.54 Å². The standard InChI is InChI=1S/C24H22N4OS/c1-18-8-7-11-20(14-18)15-25-27-23(29)17-30-24-26-21-12-5-6-13-22(21)28(24)16-19-9-3-2-4-10-19/h2-15H,16-17H2,1H3,(H,27,29). The molecule has 6 heteroatoms. The number of rotatable bonds is 7. The fourth-order valence-electron chi connectivity index (χ4n) is 3.17. The van der Waals surface area contributed by atoms with Gasteiger partial charge in [-0.05, 0) is 30.2 Å². The van der Waals surface area contributed by atoms with Crippen LogP contribution in [-0.2, 0) is 11.3 Å². The lowest BCUT2D eigenvalue weighted by atomic mass is 10.2. The third-order valence-corrected chi connectivity index (χ3v) is 5.56. The number of carbonyl (C=O) groups excluding carboxylic acids is 1. The summed E-state index contributed by atoms with van der Waals surface area (Å²) in [7, 11) is 0. The summed E-state index contributed by atoms with van der Waals surface area (Å²) in [5.74, 6) is 0.0747. The molecule has 5 nitrogen and oxygen atoms in total. The summed E-state index contributed by atoms with van der Waals surface area (Å²) in [6, 6.07) is 26.2. The zero-order valence-electron chi connectivity index (χ0n) is 16.7. The highest BCUT2D eigenvalue weighted by Gasteiger charge is 2.13. The summed E-state index contributed by atoms with van der Waals surface area (Å²) in [6.45, 7) is 2.73. The van der Waals surface area contributed by atoms with Gasteiger partial charge in [0.2, 0.25) is 0 Å². The number of nitrogens with zero attached hydrogens (tertiary/aromatic N) is 3. The highest BCUT2D eigenvalue weighted by molar-refractivity contribution is 7.99. The number of hydrazone groups is 1. The van der Waals surface area contributed by atoms with Gasteiger partial charge in [0.15, 0.2) is 5.16 Å². The Bertz CT molecular complexity index is 1180. The highest BCUT2D eigenvalue weighted by atomic mass is 32.2. The van der Waals surface area contributed by atoms with E-state index in [-0.39, 0.29) is 11.7 Å². The van der Waals surface area contributed by atoms with Gasteiger partial charge < -0.3 is 4.57 Å². The first-order valence-corrected chi connectivity index (χ1v) is 10.7. The lowest BCUT2D eigenvalue weighted by Gasteiger charge is -2.09. The van der Waals surface area contributed by atoms with Crippen LogP contribution in [0.15, 0.2) is 89.1 Å². The van der Waals surface area contributed by atoms with E-state index in [1.54, 1.807) is 6.21 Å². The molecule has 1 aromatic heterocycles. The van der Waals surface area contributed by atoms with Crippen LogP contribution in [0.3, 0.4) is 0 Å². The van der Waals surface area contributed by atoms with Gasteiger partial charge >= 0.3 is 0 Å². The molecule has 0 aliphatic heterocycles. The van der Waals surface area contributed by atoms with Crippen LogP contribution >= 0.6 is 11.8 Å². The number of hydrogen-bond acceptors (Lipinski definition) is 4. The SMILES string of the molecule is Cc1cccc(C=NNC(=O)CSc2nc3ccccc3n2Cc2ccccc2)c1. The number of nitrogens with one attached hydrogen (secondary N) is 1. The number of hydrogen-bond donors (Lipinski definition) is 1. The minimum atomic E-state index is -0.165. The van der Waals surface area contributed by atoms with Gasteiger partial charge in [-0.2, -0.15) is 5.10 Å². The molecule has 0 unspecified atom stereocenters. The molecule has 30 heavy (non-hydrogen) atoms. The molecule has 3 aromatic carbocycles. The summed E-state index contributed by atoms with van der Waals surface area (Å²) >= 11 is 1.41. The summed E-state index contributed by atoms with van der Waals surface area (Å²) < 4.78 is 2.15. The summed E-state index contributed by atoms with van der Waals surface area (Å²) in [5, 5.41) is 4.88. The van der Waals surface area contributed by atoms with Crippen LogP contribution < -0.4 is 5.43 Å². The average molecular weight is 415 g/mol. The van der Waals surface area contributed by atoms with Crippen LogP contribution in [-0.4, -0.2) is 27.4 Å². The van der Waals surface area contributed by atoms with Crippen molar-refractivity contribution in [1.82, 2.24) is 15.0 Å². The Morgan fingerprint density at radius 1 is 1.07 bits per heavy atom. The van der Waals surface area contributed by atoms with Crippen molar-refractivity contribution in [3.63, 3.8) is 0 Å². The van der Waals surface area contributed by atoms with Gasteiger partial charge in [0, 0.05) is 0 Å². The number of amides is 1. The predicted octanol–water partition coefficient (Wildman–Crippen LogP) is 4.64. The molecule has 0 saturated carbocycles. The van der Waals surface area contributed by atoms with Crippen molar-refractivity contribution in [3.05, 3.63) is 95.6 Å². The maximum atomic E-state index is 12.3. The van der Waals surface area contributed by atoms with Crippen molar-refractivity contribution in [2.45, 2.75) is 18.6 Å². The van der Waals surface area contributed by atoms with Crippen LogP contribution in [0.5, 0.6) is 0 Å². The Morgan fingerprint density at radius 3 is 2.70 bits per heavy atom. The first-order chi connectivity index (χ1) is 14.7. The second-order valence-electron chi connectivity index (χ2n) is 6.95. The van der Waals surface area contributed by atoms with Gasteiger partial charge in [0.25, 0.3) is 5.91 Å². The number of thioether (sulfide) groups is 1. The van der Waals surface area contributed by atoms with E-state index in [1.165, 1.54) is 17.3 Å². The number of benzene rings is 3. The Kier molecular flexibility index (Phi) is 6.25. The topological polar surface area (TPSA) is 59.3 Å². The highest BCUT2D eigenvalue weighted by Crippen LogP contribution is 2.25. The Hall–Kier alpha value is -3.38. The van der Waals surface area contributed by atoms with Crippen molar-refractivity contribution in [1.29, 1.82) is 0 Å². The molecule has 1 amide bonds. The number of carbonyl (C=O) groups is 1. The van der Waals surface area contributed by atoms with E-state index in [2.05, 4.69) is 33.3 Å². The zero-order valence-corrected chi connectivity index (χ0v) is 17.5. The molecule has 0 bridgehead atoms. The third-order valence-electron chi connectivity index (χ3n) is 4.58. The van der Waals surface area contributed by atoms with E-state index >= 15 is 0 Å². The lowest BCUT2D eigenvalue weighted by Crippen LogP contribution is -2.20. The van der Waals surface area contributed by atoms with Gasteiger partial charge in [-0.25, -0.2) is 10.4 Å². The monoisotopic (exact) mass is 414 g/mol. The number of imidazole rings is 1. The molecule has 0 fully saturated rings. The third kappa shape index (κ3) is 4.96. The zero-order chi connectivity index (χ0) is 20.8. The van der Waals surface area contributed by atoms with Gasteiger partial charge in [0.1, 0.15) is 0 Å². The van der Waals surface area contributed by atoms with Crippen LogP contribution in [0.25, 0.3) is 11.0 Å². The predicted molar refractivity (Wildman–Crippen MR) is 123 cm³/mol. The molecule has 1 N–H and O–H groups in total. The Labute approximate surface area is 179 Å². The smallest absolute Gasteiger partial charge is 0.250 e. The average Bonchev–Trinajstić information content (AvgIpc) is 3.10. The van der Waals surface area contributed by atoms with E-state index in [0.717, 1.165) is 27.3 Å². The first kappa shape index (κ1) is 19.9. The second-order valence-corrected chi connectivity index (χ2v) is 7.89. The van der Waals surface area contributed by atoms with E-state index < -0.39 is 0 Å². The maximum Gasteiger partial charge on any atom is 0.250 e. The van der Waals surface area contributed by atoms with E-state index in [4.69, 9.17) is 4.98 Å². The van der Waals surface area contributed by atoms with Gasteiger partial charge in [-0.1, -0.05) is 84.1 Å². The molecule has 0 aliphatic rings. The first-order valence-electron chi connectivity index (χ1n) is 9.69. The van der Waals surface area contributed by atoms with Gasteiger partial charge in [-0.15, -0.1) is 0 Å². The fourth-order valence-corrected chi connectivity index (χ4v) is 3.98. The van der Waals surface area contributed by atoms with Gasteiger partial charge in [-0.3, -0.25) is 4.79 Å². The number of fused-ring (bicyclic) bond motifs is 1. The Morgan fingerprint density at radius 2 is 1.87 bits per heavy atom. The van der Waals surface area contributed by atoms with Crippen LogP contribution in [0.4, 0.5) is 0 Å². The fraction of sp³-hybridized carbons (Fsp3) is 0.125. The number of aryl methyl sites for hydroxylation is 1. The van der Waals surface area contributed by atoms with Crippen molar-refractivity contribution in [3.8, 4) is 0 Å². The Balaban J connectivity index is 1.44. The van der Waals surface area contributed by atoms with Crippen LogP contribution in [0, 0.1) is 6.92 Å². The van der Waals surface area contributed by atoms with Crippen molar-refractivity contribution in [2.75, 3.05) is 5.75 Å². The molecule has 4 rings (SSSR count).